The molecule has 9 heteroatoms. The van der Waals surface area contributed by atoms with Gasteiger partial charge in [-0.25, -0.2) is 9.69 Å². The van der Waals surface area contributed by atoms with Gasteiger partial charge >= 0.3 is 6.09 Å². The van der Waals surface area contributed by atoms with Crippen LogP contribution in [0.5, 0.6) is 0 Å². The molecule has 28 heavy (non-hydrogen) atoms. The predicted octanol–water partition coefficient (Wildman–Crippen LogP) is 3.18. The Morgan fingerprint density at radius 1 is 1.07 bits per heavy atom. The minimum atomic E-state index is -0.553. The molecular weight excluding hydrogens is 405 g/mol. The molecule has 2 saturated heterocycles. The van der Waals surface area contributed by atoms with E-state index in [2.05, 4.69) is 0 Å². The zero-order chi connectivity index (χ0) is 20.6. The van der Waals surface area contributed by atoms with Crippen LogP contribution in [-0.4, -0.2) is 65.5 Å². The number of halogens is 2. The van der Waals surface area contributed by atoms with E-state index in [4.69, 9.17) is 27.9 Å². The van der Waals surface area contributed by atoms with Gasteiger partial charge in [0, 0.05) is 26.2 Å². The number of amides is 3. The third-order valence-electron chi connectivity index (χ3n) is 4.69. The van der Waals surface area contributed by atoms with Crippen molar-refractivity contribution in [2.75, 3.05) is 31.1 Å². The molecule has 0 saturated carbocycles. The van der Waals surface area contributed by atoms with E-state index in [1.165, 1.54) is 6.07 Å². The first-order valence-corrected chi connectivity index (χ1v) is 9.86. The zero-order valence-corrected chi connectivity index (χ0v) is 17.6. The Bertz CT molecular complexity index is 801. The summed E-state index contributed by atoms with van der Waals surface area (Å²) in [4.78, 5) is 42.3. The molecule has 3 rings (SSSR count). The topological polar surface area (TPSA) is 70.2 Å². The number of rotatable bonds is 2. The summed E-state index contributed by atoms with van der Waals surface area (Å²) in [5.41, 5.74) is -0.137. The number of carbonyl (C=O) groups excluding carboxylic acids is 3. The molecule has 1 aromatic carbocycles. The van der Waals surface area contributed by atoms with E-state index >= 15 is 0 Å². The third kappa shape index (κ3) is 4.42. The van der Waals surface area contributed by atoms with Gasteiger partial charge in [-0.1, -0.05) is 23.2 Å². The number of hydrogen-bond donors (Lipinski definition) is 0. The van der Waals surface area contributed by atoms with Gasteiger partial charge in [0.2, 0.25) is 5.91 Å². The van der Waals surface area contributed by atoms with Gasteiger partial charge in [-0.15, -0.1) is 0 Å². The van der Waals surface area contributed by atoms with Crippen LogP contribution in [0.3, 0.4) is 0 Å². The van der Waals surface area contributed by atoms with Gasteiger partial charge in [-0.3, -0.25) is 14.5 Å². The van der Waals surface area contributed by atoms with Crippen LogP contribution in [0.15, 0.2) is 18.2 Å². The first kappa shape index (κ1) is 20.9. The largest absolute Gasteiger partial charge is 0.444 e. The highest BCUT2D eigenvalue weighted by molar-refractivity contribution is 6.42. The standard InChI is InChI=1S/C19H23Cl2N3O4/c1-19(2,3)28-18(27)23-8-6-22(7-9-23)15-11-16(25)24(17(15)26)12-4-5-13(20)14(21)10-12/h4-5,10,15H,6-9,11H2,1-3H3/t15-/m0/s1. The first-order chi connectivity index (χ1) is 13.1. The van der Waals surface area contributed by atoms with E-state index in [1.54, 1.807) is 17.0 Å². The number of carbonyl (C=O) groups is 3. The van der Waals surface area contributed by atoms with Crippen molar-refractivity contribution in [1.29, 1.82) is 0 Å². The average molecular weight is 428 g/mol. The van der Waals surface area contributed by atoms with Gasteiger partial charge in [-0.2, -0.15) is 0 Å². The number of benzene rings is 1. The van der Waals surface area contributed by atoms with Crippen molar-refractivity contribution in [3.63, 3.8) is 0 Å². The molecule has 2 heterocycles. The van der Waals surface area contributed by atoms with Gasteiger partial charge in [-0.05, 0) is 39.0 Å². The van der Waals surface area contributed by atoms with Crippen molar-refractivity contribution in [2.45, 2.75) is 38.8 Å². The summed E-state index contributed by atoms with van der Waals surface area (Å²) in [7, 11) is 0. The van der Waals surface area contributed by atoms with Gasteiger partial charge in [0.15, 0.2) is 0 Å². The van der Waals surface area contributed by atoms with Crippen LogP contribution in [-0.2, 0) is 14.3 Å². The summed E-state index contributed by atoms with van der Waals surface area (Å²) >= 11 is 11.9. The lowest BCUT2D eigenvalue weighted by Gasteiger charge is -2.37. The molecule has 2 aliphatic rings. The van der Waals surface area contributed by atoms with Crippen LogP contribution in [0.4, 0.5) is 10.5 Å². The van der Waals surface area contributed by atoms with Crippen LogP contribution in [0.1, 0.15) is 27.2 Å². The first-order valence-electron chi connectivity index (χ1n) is 9.10. The molecular formula is C19H23Cl2N3O4. The van der Waals surface area contributed by atoms with E-state index in [0.29, 0.717) is 36.9 Å². The Morgan fingerprint density at radius 2 is 1.71 bits per heavy atom. The molecule has 1 aromatic rings. The van der Waals surface area contributed by atoms with Crippen molar-refractivity contribution in [3.8, 4) is 0 Å². The lowest BCUT2D eigenvalue weighted by Crippen LogP contribution is -2.54. The quantitative estimate of drug-likeness (QED) is 0.677. The Labute approximate surface area is 174 Å². The van der Waals surface area contributed by atoms with Gasteiger partial charge in [0.1, 0.15) is 5.60 Å². The summed E-state index contributed by atoms with van der Waals surface area (Å²) in [6.45, 7) is 7.35. The number of nitrogens with zero attached hydrogens (tertiary/aromatic N) is 3. The molecule has 0 bridgehead atoms. The zero-order valence-electron chi connectivity index (χ0n) is 16.1. The SMILES string of the molecule is CC(C)(C)OC(=O)N1CCN([C@H]2CC(=O)N(c3ccc(Cl)c(Cl)c3)C2=O)CC1. The second kappa shape index (κ2) is 7.89. The van der Waals surface area contributed by atoms with E-state index in [0.717, 1.165) is 4.90 Å². The molecule has 2 aliphatic heterocycles. The fraction of sp³-hybridized carbons (Fsp3) is 0.526. The van der Waals surface area contributed by atoms with Crippen molar-refractivity contribution in [3.05, 3.63) is 28.2 Å². The maximum atomic E-state index is 12.9. The average Bonchev–Trinajstić information content (AvgIpc) is 2.90. The lowest BCUT2D eigenvalue weighted by atomic mass is 10.1. The normalized spacial score (nSPS) is 21.4. The van der Waals surface area contributed by atoms with Gasteiger partial charge < -0.3 is 9.64 Å². The van der Waals surface area contributed by atoms with Crippen molar-refractivity contribution >= 4 is 46.8 Å². The van der Waals surface area contributed by atoms with Crippen LogP contribution in [0.25, 0.3) is 0 Å². The Morgan fingerprint density at radius 3 is 2.29 bits per heavy atom. The van der Waals surface area contributed by atoms with Gasteiger partial charge in [0.25, 0.3) is 5.91 Å². The smallest absolute Gasteiger partial charge is 0.410 e. The predicted molar refractivity (Wildman–Crippen MR) is 107 cm³/mol. The van der Waals surface area contributed by atoms with Crippen LogP contribution < -0.4 is 4.90 Å². The Balaban J connectivity index is 1.64. The number of piperazine rings is 1. The molecule has 0 N–H and O–H groups in total. The minimum Gasteiger partial charge on any atom is -0.444 e. The molecule has 0 unspecified atom stereocenters. The van der Waals surface area contributed by atoms with Crippen LogP contribution in [0.2, 0.25) is 10.0 Å². The van der Waals surface area contributed by atoms with E-state index in [1.807, 2.05) is 25.7 Å². The Kier molecular flexibility index (Phi) is 5.89. The number of imide groups is 1. The van der Waals surface area contributed by atoms with E-state index in [-0.39, 0.29) is 29.4 Å². The fourth-order valence-electron chi connectivity index (χ4n) is 3.34. The molecule has 0 radical (unpaired) electrons. The maximum Gasteiger partial charge on any atom is 0.410 e. The Hall–Kier alpha value is -1.83. The molecule has 7 nitrogen and oxygen atoms in total. The van der Waals surface area contributed by atoms with Crippen LogP contribution in [0, 0.1) is 0 Å². The summed E-state index contributed by atoms with van der Waals surface area (Å²) in [6, 6.07) is 4.14. The highest BCUT2D eigenvalue weighted by atomic mass is 35.5. The van der Waals surface area contributed by atoms with Crippen molar-refractivity contribution in [1.82, 2.24) is 9.80 Å². The molecule has 0 aromatic heterocycles. The van der Waals surface area contributed by atoms with E-state index in [9.17, 15) is 14.4 Å². The third-order valence-corrected chi connectivity index (χ3v) is 5.43. The summed E-state index contributed by atoms with van der Waals surface area (Å²) in [5, 5.41) is 0.647. The maximum absolute atomic E-state index is 12.9. The second-order valence-corrected chi connectivity index (χ2v) is 8.70. The lowest BCUT2D eigenvalue weighted by molar-refractivity contribution is -0.123. The van der Waals surface area contributed by atoms with Crippen molar-refractivity contribution in [2.24, 2.45) is 0 Å². The summed E-state index contributed by atoms with van der Waals surface area (Å²) < 4.78 is 5.39. The van der Waals surface area contributed by atoms with Crippen LogP contribution >= 0.6 is 23.2 Å². The monoisotopic (exact) mass is 427 g/mol. The number of hydrogen-bond acceptors (Lipinski definition) is 5. The summed E-state index contributed by atoms with van der Waals surface area (Å²) in [6.07, 6.45) is -0.260. The minimum absolute atomic E-state index is 0.103. The second-order valence-electron chi connectivity index (χ2n) is 7.89. The number of anilines is 1. The van der Waals surface area contributed by atoms with E-state index < -0.39 is 11.6 Å². The molecule has 3 amide bonds. The highest BCUT2D eigenvalue weighted by Crippen LogP contribution is 2.31. The summed E-state index contributed by atoms with van der Waals surface area (Å²) in [5.74, 6) is -0.558. The van der Waals surface area contributed by atoms with Crippen molar-refractivity contribution < 1.29 is 19.1 Å². The molecule has 0 spiro atoms. The molecule has 0 aliphatic carbocycles. The number of ether oxygens (including phenoxy) is 1. The molecule has 1 atom stereocenters. The van der Waals surface area contributed by atoms with Gasteiger partial charge in [0.05, 0.1) is 28.2 Å². The molecule has 2 fully saturated rings. The molecule has 152 valence electrons. The highest BCUT2D eigenvalue weighted by Gasteiger charge is 2.43. The fourth-order valence-corrected chi connectivity index (χ4v) is 3.63.